The van der Waals surface area contributed by atoms with E-state index in [9.17, 15) is 0 Å². The Balaban J connectivity index is -0.0000000720. The second-order valence-corrected chi connectivity index (χ2v) is 1.50. The maximum absolute atomic E-state index is 8.52. The average molecular weight is 336 g/mol. The van der Waals surface area contributed by atoms with Gasteiger partial charge in [-0.15, -0.1) is 0 Å². The Morgan fingerprint density at radius 1 is 0.778 bits per heavy atom. The van der Waals surface area contributed by atoms with E-state index in [1.165, 1.54) is 0 Å². The second-order valence-electron chi connectivity index (χ2n) is 0.500. The molecule has 0 aromatic heterocycles. The van der Waals surface area contributed by atoms with Crippen LogP contribution in [0.4, 0.5) is 0 Å². The standard InChI is InChI=1S/2O3Si.W/c2*1-4(2)3;/q2*-2;+4. The van der Waals surface area contributed by atoms with Crippen LogP contribution < -0.4 is 19.2 Å². The van der Waals surface area contributed by atoms with E-state index in [1.807, 2.05) is 0 Å². The molecule has 0 rings (SSSR count). The Hall–Kier alpha value is -0.0779. The van der Waals surface area contributed by atoms with Gasteiger partial charge >= 0.3 is 21.1 Å². The van der Waals surface area contributed by atoms with Gasteiger partial charge in [-0.2, -0.15) is 0 Å². The van der Waals surface area contributed by atoms with E-state index < -0.39 is 18.3 Å². The molecule has 0 unspecified atom stereocenters. The van der Waals surface area contributed by atoms with Gasteiger partial charge in [0.1, 0.15) is 0 Å². The number of hydrogen-bond acceptors (Lipinski definition) is 6. The maximum Gasteiger partial charge on any atom is 4.00 e. The summed E-state index contributed by atoms with van der Waals surface area (Å²) >= 11 is 0. The number of hydrogen-bond donors (Lipinski definition) is 0. The van der Waals surface area contributed by atoms with E-state index in [1.54, 1.807) is 0 Å². The van der Waals surface area contributed by atoms with Crippen molar-refractivity contribution in [3.05, 3.63) is 0 Å². The minimum absolute atomic E-state index is 0. The summed E-state index contributed by atoms with van der Waals surface area (Å²) in [5, 5.41) is 0. The van der Waals surface area contributed by atoms with Crippen molar-refractivity contribution in [3.8, 4) is 0 Å². The van der Waals surface area contributed by atoms with Crippen LogP contribution in [0.3, 0.4) is 0 Å². The summed E-state index contributed by atoms with van der Waals surface area (Å²) in [7, 11) is -7.26. The van der Waals surface area contributed by atoms with Crippen molar-refractivity contribution in [2.24, 2.45) is 0 Å². The SMILES string of the molecule is O=[Si]([O-])[O-].O=[Si]([O-])[O-].[W+4]. The quantitative estimate of drug-likeness (QED) is 0.406. The Kier molecular flexibility index (Phi) is 19.2. The predicted octanol–water partition coefficient (Wildman–Crippen LogP) is -5.76. The largest absolute Gasteiger partial charge is 4.00 e. The van der Waals surface area contributed by atoms with Crippen LogP contribution in [-0.4, -0.2) is 18.3 Å². The third kappa shape index (κ3) is 45800. The molecule has 0 aliphatic heterocycles. The fraction of sp³-hybridized carbons (Fsp3) is 0. The first-order valence-electron chi connectivity index (χ1n) is 1.22. The van der Waals surface area contributed by atoms with E-state index in [4.69, 9.17) is 28.1 Å². The summed E-state index contributed by atoms with van der Waals surface area (Å²) in [4.78, 5) is 34.1. The second kappa shape index (κ2) is 10.8. The van der Waals surface area contributed by atoms with Crippen LogP contribution in [0.15, 0.2) is 0 Å². The van der Waals surface area contributed by atoms with Gasteiger partial charge in [-0.05, 0) is 0 Å². The molecule has 0 amide bonds. The molecule has 0 aromatic rings. The molecule has 0 aromatic carbocycles. The summed E-state index contributed by atoms with van der Waals surface area (Å²) in [5.41, 5.74) is 0. The van der Waals surface area contributed by atoms with Crippen molar-refractivity contribution in [1.29, 1.82) is 0 Å². The molecule has 0 atom stereocenters. The topological polar surface area (TPSA) is 126 Å². The molecule has 6 nitrogen and oxygen atoms in total. The normalized spacial score (nSPS) is 5.33. The molecule has 0 bridgehead atoms. The van der Waals surface area contributed by atoms with E-state index in [-0.39, 0.29) is 21.1 Å². The first-order valence-corrected chi connectivity index (χ1v) is 3.67. The van der Waals surface area contributed by atoms with Gasteiger partial charge in [-0.1, -0.05) is 0 Å². The van der Waals surface area contributed by atoms with Crippen LogP contribution in [0.5, 0.6) is 0 Å². The van der Waals surface area contributed by atoms with E-state index in [0.717, 1.165) is 0 Å². The molecule has 0 spiro atoms. The van der Waals surface area contributed by atoms with Crippen LogP contribution in [-0.2, 0) is 30.0 Å². The zero-order chi connectivity index (χ0) is 7.15. The van der Waals surface area contributed by atoms with Gasteiger partial charge in [0.25, 0.3) is 0 Å². The van der Waals surface area contributed by atoms with Crippen molar-refractivity contribution in [3.63, 3.8) is 0 Å². The molecule has 9 heavy (non-hydrogen) atoms. The Bertz CT molecular complexity index is 69.1. The molecular formula is O6Si2W. The third-order valence-electron chi connectivity index (χ3n) is 0. The fourth-order valence-electron chi connectivity index (χ4n) is 0. The zero-order valence-electron chi connectivity index (χ0n) is 3.86. The molecule has 0 heterocycles. The fourth-order valence-corrected chi connectivity index (χ4v) is 0. The summed E-state index contributed by atoms with van der Waals surface area (Å²) in [6.07, 6.45) is 0. The molecule has 9 heteroatoms. The molecule has 0 fully saturated rings. The zero-order valence-corrected chi connectivity index (χ0v) is 8.79. The van der Waals surface area contributed by atoms with Crippen molar-refractivity contribution in [2.45, 2.75) is 0 Å². The first kappa shape index (κ1) is 16.0. The minimum Gasteiger partial charge on any atom is -0.672 e. The molecule has 50 valence electrons. The van der Waals surface area contributed by atoms with Crippen LogP contribution in [0.2, 0.25) is 0 Å². The van der Waals surface area contributed by atoms with E-state index in [0.29, 0.717) is 0 Å². The Morgan fingerprint density at radius 3 is 0.778 bits per heavy atom. The summed E-state index contributed by atoms with van der Waals surface area (Å²) in [6.45, 7) is 0. The van der Waals surface area contributed by atoms with Crippen molar-refractivity contribution >= 4 is 18.3 Å². The summed E-state index contributed by atoms with van der Waals surface area (Å²) < 4.78 is 17.0. The van der Waals surface area contributed by atoms with Gasteiger partial charge in [0, 0.05) is 18.3 Å². The van der Waals surface area contributed by atoms with Crippen LogP contribution in [0.25, 0.3) is 0 Å². The molecule has 0 N–H and O–H groups in total. The van der Waals surface area contributed by atoms with Crippen LogP contribution in [0.1, 0.15) is 0 Å². The molecule has 0 aliphatic carbocycles. The smallest absolute Gasteiger partial charge is 0.672 e. The third-order valence-corrected chi connectivity index (χ3v) is 0. The van der Waals surface area contributed by atoms with Gasteiger partial charge in [0.2, 0.25) is 0 Å². The van der Waals surface area contributed by atoms with Crippen LogP contribution in [0, 0.1) is 0 Å². The molecule has 0 saturated heterocycles. The van der Waals surface area contributed by atoms with Crippen molar-refractivity contribution < 1.29 is 49.2 Å². The van der Waals surface area contributed by atoms with E-state index >= 15 is 0 Å². The van der Waals surface area contributed by atoms with Gasteiger partial charge < -0.3 is 28.1 Å². The van der Waals surface area contributed by atoms with Gasteiger partial charge in [-0.3, -0.25) is 0 Å². The monoisotopic (exact) mass is 336 g/mol. The predicted molar refractivity (Wildman–Crippen MR) is 12.9 cm³/mol. The molecular weight excluding hydrogens is 336 g/mol. The van der Waals surface area contributed by atoms with E-state index in [2.05, 4.69) is 0 Å². The van der Waals surface area contributed by atoms with Gasteiger partial charge in [-0.25, -0.2) is 0 Å². The maximum atomic E-state index is 8.52. The summed E-state index contributed by atoms with van der Waals surface area (Å²) in [6, 6.07) is 0. The Morgan fingerprint density at radius 2 is 0.778 bits per heavy atom. The van der Waals surface area contributed by atoms with Gasteiger partial charge in [0.15, 0.2) is 0 Å². The van der Waals surface area contributed by atoms with Crippen LogP contribution >= 0.6 is 0 Å². The number of rotatable bonds is 0. The molecule has 0 radical (unpaired) electrons. The molecule has 0 aliphatic rings. The summed E-state index contributed by atoms with van der Waals surface area (Å²) in [5.74, 6) is 0. The molecule has 0 saturated carbocycles. The van der Waals surface area contributed by atoms with Crippen molar-refractivity contribution in [2.75, 3.05) is 0 Å². The average Bonchev–Trinajstić information content (AvgIpc) is 1.25. The Labute approximate surface area is 67.8 Å². The van der Waals surface area contributed by atoms with Gasteiger partial charge in [0.05, 0.1) is 0 Å². The van der Waals surface area contributed by atoms with Crippen molar-refractivity contribution in [1.82, 2.24) is 0 Å². The minimum atomic E-state index is -3.63. The first-order chi connectivity index (χ1) is 3.46.